The van der Waals surface area contributed by atoms with Crippen LogP contribution in [0.15, 0.2) is 48.5 Å². The fourth-order valence-corrected chi connectivity index (χ4v) is 2.72. The molecule has 3 heteroatoms. The molecule has 0 atom stereocenters. The van der Waals surface area contributed by atoms with Gasteiger partial charge in [0.1, 0.15) is 0 Å². The maximum atomic E-state index is 12.7. The molecule has 0 amide bonds. The number of anilines is 1. The van der Waals surface area contributed by atoms with Gasteiger partial charge in [-0.25, -0.2) is 0 Å². The first-order valence-corrected chi connectivity index (χ1v) is 6.88. The summed E-state index contributed by atoms with van der Waals surface area (Å²) in [4.78, 5) is 14.8. The number of ketones is 1. The van der Waals surface area contributed by atoms with E-state index >= 15 is 0 Å². The first kappa shape index (κ1) is 12.9. The molecule has 0 unspecified atom stereocenters. The standard InChI is InChI=1S/C17H17NO2/c19-11-5-10-18-12-13-6-1-2-7-14(13)17(20)15-8-3-4-9-16(15)18/h1-4,6-9,19H,5,10-12H2. The average molecular weight is 267 g/mol. The van der Waals surface area contributed by atoms with E-state index in [1.165, 1.54) is 0 Å². The third-order valence-electron chi connectivity index (χ3n) is 3.70. The minimum absolute atomic E-state index is 0.0858. The van der Waals surface area contributed by atoms with Crippen LogP contribution in [0.4, 0.5) is 5.69 Å². The highest BCUT2D eigenvalue weighted by Crippen LogP contribution is 2.30. The van der Waals surface area contributed by atoms with Crippen LogP contribution in [0.2, 0.25) is 0 Å². The summed E-state index contributed by atoms with van der Waals surface area (Å²) in [5, 5.41) is 9.07. The lowest BCUT2D eigenvalue weighted by atomic mass is 9.99. The van der Waals surface area contributed by atoms with Crippen molar-refractivity contribution >= 4 is 11.5 Å². The number of carbonyl (C=O) groups is 1. The molecule has 0 bridgehead atoms. The van der Waals surface area contributed by atoms with E-state index in [1.54, 1.807) is 0 Å². The Morgan fingerprint density at radius 3 is 2.50 bits per heavy atom. The summed E-state index contributed by atoms with van der Waals surface area (Å²) in [5.74, 6) is 0.0858. The van der Waals surface area contributed by atoms with Crippen LogP contribution in [-0.2, 0) is 6.54 Å². The van der Waals surface area contributed by atoms with Gasteiger partial charge in [0.25, 0.3) is 0 Å². The lowest BCUT2D eigenvalue weighted by molar-refractivity contribution is 0.103. The van der Waals surface area contributed by atoms with Crippen molar-refractivity contribution < 1.29 is 9.90 Å². The lowest BCUT2D eigenvalue weighted by Crippen LogP contribution is -2.24. The Balaban J connectivity index is 2.11. The number of hydrogen-bond acceptors (Lipinski definition) is 3. The van der Waals surface area contributed by atoms with Crippen molar-refractivity contribution in [1.29, 1.82) is 0 Å². The predicted molar refractivity (Wildman–Crippen MR) is 79.1 cm³/mol. The summed E-state index contributed by atoms with van der Waals surface area (Å²) in [7, 11) is 0. The Hall–Kier alpha value is -2.13. The van der Waals surface area contributed by atoms with Gasteiger partial charge in [-0.1, -0.05) is 36.4 Å². The number of nitrogens with zero attached hydrogens (tertiary/aromatic N) is 1. The van der Waals surface area contributed by atoms with Crippen molar-refractivity contribution in [2.75, 3.05) is 18.1 Å². The Morgan fingerprint density at radius 2 is 1.70 bits per heavy atom. The van der Waals surface area contributed by atoms with E-state index in [9.17, 15) is 4.79 Å². The van der Waals surface area contributed by atoms with Gasteiger partial charge in [0.15, 0.2) is 5.78 Å². The van der Waals surface area contributed by atoms with Crippen molar-refractivity contribution in [2.45, 2.75) is 13.0 Å². The molecule has 0 saturated carbocycles. The van der Waals surface area contributed by atoms with E-state index in [0.29, 0.717) is 13.0 Å². The Morgan fingerprint density at radius 1 is 1.00 bits per heavy atom. The molecule has 2 aromatic carbocycles. The zero-order chi connectivity index (χ0) is 13.9. The summed E-state index contributed by atoms with van der Waals surface area (Å²) in [5.41, 5.74) is 3.54. The van der Waals surface area contributed by atoms with Crippen molar-refractivity contribution in [2.24, 2.45) is 0 Å². The molecule has 0 fully saturated rings. The maximum Gasteiger partial charge on any atom is 0.195 e. The van der Waals surface area contributed by atoms with Crippen LogP contribution in [-0.4, -0.2) is 24.0 Å². The molecule has 3 nitrogen and oxygen atoms in total. The monoisotopic (exact) mass is 267 g/mol. The van der Waals surface area contributed by atoms with E-state index in [-0.39, 0.29) is 12.4 Å². The van der Waals surface area contributed by atoms with Gasteiger partial charge in [0, 0.05) is 36.5 Å². The van der Waals surface area contributed by atoms with E-state index in [0.717, 1.165) is 28.9 Å². The van der Waals surface area contributed by atoms with Crippen molar-refractivity contribution in [3.63, 3.8) is 0 Å². The summed E-state index contributed by atoms with van der Waals surface area (Å²) < 4.78 is 0. The first-order valence-electron chi connectivity index (χ1n) is 6.88. The third kappa shape index (κ3) is 2.21. The molecule has 102 valence electrons. The van der Waals surface area contributed by atoms with Gasteiger partial charge in [0.05, 0.1) is 0 Å². The molecule has 1 aliphatic rings. The number of para-hydroxylation sites is 1. The predicted octanol–water partition coefficient (Wildman–Crippen LogP) is 2.62. The summed E-state index contributed by atoms with van der Waals surface area (Å²) in [6.45, 7) is 1.61. The molecule has 3 rings (SSSR count). The number of rotatable bonds is 3. The molecule has 0 aromatic heterocycles. The molecule has 2 aromatic rings. The zero-order valence-corrected chi connectivity index (χ0v) is 11.2. The average Bonchev–Trinajstić information content (AvgIpc) is 2.62. The molecule has 20 heavy (non-hydrogen) atoms. The second-order valence-corrected chi connectivity index (χ2v) is 5.00. The number of carbonyl (C=O) groups excluding carboxylic acids is 1. The van der Waals surface area contributed by atoms with E-state index in [2.05, 4.69) is 4.90 Å². The second kappa shape index (κ2) is 5.47. The van der Waals surface area contributed by atoms with Gasteiger partial charge in [-0.15, -0.1) is 0 Å². The molecule has 0 saturated heterocycles. The topological polar surface area (TPSA) is 40.5 Å². The number of hydrogen-bond donors (Lipinski definition) is 1. The van der Waals surface area contributed by atoms with Gasteiger partial charge in [-0.05, 0) is 24.1 Å². The SMILES string of the molecule is O=C1c2ccccc2CN(CCCO)c2ccccc21. The summed E-state index contributed by atoms with van der Waals surface area (Å²) >= 11 is 0. The Bertz CT molecular complexity index is 636. The summed E-state index contributed by atoms with van der Waals surface area (Å²) in [6, 6.07) is 15.5. The smallest absolute Gasteiger partial charge is 0.195 e. The van der Waals surface area contributed by atoms with E-state index in [4.69, 9.17) is 5.11 Å². The Kier molecular flexibility index (Phi) is 3.52. The number of benzene rings is 2. The van der Waals surface area contributed by atoms with Crippen LogP contribution >= 0.6 is 0 Å². The second-order valence-electron chi connectivity index (χ2n) is 5.00. The lowest BCUT2D eigenvalue weighted by Gasteiger charge is -2.24. The van der Waals surface area contributed by atoms with Crippen LogP contribution in [0.5, 0.6) is 0 Å². The number of aliphatic hydroxyl groups excluding tert-OH is 1. The quantitative estimate of drug-likeness (QED) is 0.929. The van der Waals surface area contributed by atoms with Gasteiger partial charge in [0.2, 0.25) is 0 Å². The Labute approximate surface area is 118 Å². The largest absolute Gasteiger partial charge is 0.396 e. The van der Waals surface area contributed by atoms with Crippen molar-refractivity contribution in [3.8, 4) is 0 Å². The highest BCUT2D eigenvalue weighted by Gasteiger charge is 2.24. The van der Waals surface area contributed by atoms with Crippen LogP contribution in [0.25, 0.3) is 0 Å². The van der Waals surface area contributed by atoms with Crippen LogP contribution in [0.1, 0.15) is 27.9 Å². The van der Waals surface area contributed by atoms with E-state index in [1.807, 2.05) is 48.5 Å². The normalized spacial score (nSPS) is 13.7. The first-order chi connectivity index (χ1) is 9.81. The van der Waals surface area contributed by atoms with Crippen molar-refractivity contribution in [3.05, 3.63) is 65.2 Å². The molecule has 1 heterocycles. The molecule has 1 aliphatic heterocycles. The van der Waals surface area contributed by atoms with Crippen LogP contribution in [0.3, 0.4) is 0 Å². The number of aliphatic hydroxyl groups is 1. The minimum atomic E-state index is 0.0858. The highest BCUT2D eigenvalue weighted by atomic mass is 16.3. The zero-order valence-electron chi connectivity index (χ0n) is 11.2. The van der Waals surface area contributed by atoms with Gasteiger partial charge in [-0.3, -0.25) is 4.79 Å². The molecular weight excluding hydrogens is 250 g/mol. The van der Waals surface area contributed by atoms with Crippen molar-refractivity contribution in [1.82, 2.24) is 0 Å². The van der Waals surface area contributed by atoms with Gasteiger partial charge >= 0.3 is 0 Å². The van der Waals surface area contributed by atoms with Crippen LogP contribution in [0, 0.1) is 0 Å². The molecule has 0 spiro atoms. The molecule has 0 radical (unpaired) electrons. The third-order valence-corrected chi connectivity index (χ3v) is 3.70. The highest BCUT2D eigenvalue weighted by molar-refractivity contribution is 6.14. The van der Waals surface area contributed by atoms with Gasteiger partial charge in [-0.2, -0.15) is 0 Å². The summed E-state index contributed by atoms with van der Waals surface area (Å²) in [6.07, 6.45) is 0.699. The van der Waals surface area contributed by atoms with Gasteiger partial charge < -0.3 is 10.0 Å². The molecule has 1 N–H and O–H groups in total. The fourth-order valence-electron chi connectivity index (χ4n) is 2.72. The molecular formula is C17H17NO2. The van der Waals surface area contributed by atoms with Crippen LogP contribution < -0.4 is 4.90 Å². The minimum Gasteiger partial charge on any atom is -0.396 e. The number of fused-ring (bicyclic) bond motifs is 2. The molecule has 0 aliphatic carbocycles. The van der Waals surface area contributed by atoms with E-state index < -0.39 is 0 Å². The fraction of sp³-hybridized carbons (Fsp3) is 0.235. The maximum absolute atomic E-state index is 12.7.